The van der Waals surface area contributed by atoms with Gasteiger partial charge in [-0.15, -0.1) is 0 Å². The lowest BCUT2D eigenvalue weighted by molar-refractivity contribution is 0.521. The standard InChI is InChI=1S/C16H17N3O/c1-12-18-16(11-20-12)14-3-5-15(6-4-14)17-9-13-7-8-19(2)10-13/h3-8,10-11,17H,9H2,1-2H3. The van der Waals surface area contributed by atoms with Crippen LogP contribution in [0.15, 0.2) is 53.4 Å². The van der Waals surface area contributed by atoms with Gasteiger partial charge in [-0.25, -0.2) is 4.98 Å². The van der Waals surface area contributed by atoms with Gasteiger partial charge in [0.15, 0.2) is 5.89 Å². The molecule has 3 aromatic rings. The lowest BCUT2D eigenvalue weighted by atomic mass is 10.1. The van der Waals surface area contributed by atoms with Crippen molar-refractivity contribution in [3.63, 3.8) is 0 Å². The van der Waals surface area contributed by atoms with E-state index < -0.39 is 0 Å². The number of nitrogens with one attached hydrogen (secondary N) is 1. The Morgan fingerprint density at radius 3 is 2.60 bits per heavy atom. The van der Waals surface area contributed by atoms with E-state index in [0.29, 0.717) is 5.89 Å². The van der Waals surface area contributed by atoms with Crippen LogP contribution in [0.2, 0.25) is 0 Å². The van der Waals surface area contributed by atoms with Gasteiger partial charge in [0.2, 0.25) is 0 Å². The van der Waals surface area contributed by atoms with E-state index in [-0.39, 0.29) is 0 Å². The molecule has 102 valence electrons. The summed E-state index contributed by atoms with van der Waals surface area (Å²) in [4.78, 5) is 4.32. The van der Waals surface area contributed by atoms with E-state index in [0.717, 1.165) is 23.5 Å². The quantitative estimate of drug-likeness (QED) is 0.785. The predicted octanol–water partition coefficient (Wildman–Crippen LogP) is 3.60. The number of aryl methyl sites for hydroxylation is 2. The third kappa shape index (κ3) is 2.74. The SMILES string of the molecule is Cc1nc(-c2ccc(NCc3ccn(C)c3)cc2)co1. The van der Waals surface area contributed by atoms with Crippen LogP contribution >= 0.6 is 0 Å². The maximum atomic E-state index is 5.23. The first kappa shape index (κ1) is 12.5. The lowest BCUT2D eigenvalue weighted by Crippen LogP contribution is -1.98. The molecule has 0 radical (unpaired) electrons. The summed E-state index contributed by atoms with van der Waals surface area (Å²) in [5.74, 6) is 0.686. The molecule has 0 unspecified atom stereocenters. The monoisotopic (exact) mass is 267 g/mol. The topological polar surface area (TPSA) is 43.0 Å². The molecule has 4 nitrogen and oxygen atoms in total. The van der Waals surface area contributed by atoms with Crippen LogP contribution in [-0.2, 0) is 13.6 Å². The Morgan fingerprint density at radius 2 is 2.00 bits per heavy atom. The van der Waals surface area contributed by atoms with Gasteiger partial charge in [-0.3, -0.25) is 0 Å². The third-order valence-corrected chi connectivity index (χ3v) is 3.19. The minimum atomic E-state index is 0.686. The van der Waals surface area contributed by atoms with Gasteiger partial charge in [-0.05, 0) is 23.8 Å². The third-order valence-electron chi connectivity index (χ3n) is 3.19. The molecule has 0 saturated heterocycles. The summed E-state index contributed by atoms with van der Waals surface area (Å²) in [7, 11) is 2.03. The van der Waals surface area contributed by atoms with Crippen molar-refractivity contribution in [3.05, 3.63) is 60.4 Å². The molecule has 2 heterocycles. The molecule has 0 aliphatic rings. The molecule has 0 amide bonds. The summed E-state index contributed by atoms with van der Waals surface area (Å²) >= 11 is 0. The average molecular weight is 267 g/mol. The van der Waals surface area contributed by atoms with E-state index in [1.54, 1.807) is 6.26 Å². The van der Waals surface area contributed by atoms with E-state index in [1.807, 2.05) is 36.9 Å². The fourth-order valence-corrected chi connectivity index (χ4v) is 2.12. The summed E-state index contributed by atoms with van der Waals surface area (Å²) in [6.45, 7) is 2.67. The largest absolute Gasteiger partial charge is 0.449 e. The molecule has 20 heavy (non-hydrogen) atoms. The van der Waals surface area contributed by atoms with E-state index in [2.05, 4.69) is 34.7 Å². The van der Waals surface area contributed by atoms with Crippen LogP contribution in [0.4, 0.5) is 5.69 Å². The lowest BCUT2D eigenvalue weighted by Gasteiger charge is -2.05. The predicted molar refractivity (Wildman–Crippen MR) is 79.4 cm³/mol. The van der Waals surface area contributed by atoms with Crippen LogP contribution in [0, 0.1) is 6.92 Å². The van der Waals surface area contributed by atoms with Crippen molar-refractivity contribution in [1.29, 1.82) is 0 Å². The second kappa shape index (κ2) is 5.25. The molecule has 1 N–H and O–H groups in total. The van der Waals surface area contributed by atoms with E-state index in [9.17, 15) is 0 Å². The second-order valence-corrected chi connectivity index (χ2v) is 4.87. The Morgan fingerprint density at radius 1 is 1.20 bits per heavy atom. The molecule has 1 aromatic carbocycles. The molecule has 0 aliphatic heterocycles. The number of hydrogen-bond acceptors (Lipinski definition) is 3. The first-order valence-corrected chi connectivity index (χ1v) is 6.58. The number of nitrogens with zero attached hydrogens (tertiary/aromatic N) is 2. The summed E-state index contributed by atoms with van der Waals surface area (Å²) in [5, 5.41) is 3.40. The Balaban J connectivity index is 1.67. The summed E-state index contributed by atoms with van der Waals surface area (Å²) in [6, 6.07) is 10.3. The molecule has 0 bridgehead atoms. The molecular formula is C16H17N3O. The zero-order valence-corrected chi connectivity index (χ0v) is 11.6. The van der Waals surface area contributed by atoms with Gasteiger partial charge in [0.05, 0.1) is 0 Å². The molecule has 0 saturated carbocycles. The van der Waals surface area contributed by atoms with Crippen molar-refractivity contribution in [1.82, 2.24) is 9.55 Å². The van der Waals surface area contributed by atoms with Crippen LogP contribution in [0.25, 0.3) is 11.3 Å². The molecule has 0 aliphatic carbocycles. The average Bonchev–Trinajstić information content (AvgIpc) is 3.06. The summed E-state index contributed by atoms with van der Waals surface area (Å²) in [5.41, 5.74) is 4.30. The first-order chi connectivity index (χ1) is 9.70. The van der Waals surface area contributed by atoms with Gasteiger partial charge in [0, 0.05) is 44.2 Å². The van der Waals surface area contributed by atoms with Gasteiger partial charge >= 0.3 is 0 Å². The van der Waals surface area contributed by atoms with Crippen LogP contribution in [0.5, 0.6) is 0 Å². The molecule has 2 aromatic heterocycles. The highest BCUT2D eigenvalue weighted by atomic mass is 16.3. The zero-order chi connectivity index (χ0) is 13.9. The van der Waals surface area contributed by atoms with E-state index in [1.165, 1.54) is 5.56 Å². The normalized spacial score (nSPS) is 10.7. The molecule has 0 spiro atoms. The minimum Gasteiger partial charge on any atom is -0.449 e. The molecular weight excluding hydrogens is 250 g/mol. The number of aromatic nitrogens is 2. The highest BCUT2D eigenvalue weighted by Crippen LogP contribution is 2.21. The molecule has 0 atom stereocenters. The fraction of sp³-hybridized carbons (Fsp3) is 0.188. The highest BCUT2D eigenvalue weighted by Gasteiger charge is 2.03. The Labute approximate surface area is 118 Å². The van der Waals surface area contributed by atoms with Crippen molar-refractivity contribution < 1.29 is 4.42 Å². The Bertz CT molecular complexity index is 695. The van der Waals surface area contributed by atoms with Crippen molar-refractivity contribution >= 4 is 5.69 Å². The summed E-state index contributed by atoms with van der Waals surface area (Å²) in [6.07, 6.45) is 5.84. The minimum absolute atomic E-state index is 0.686. The summed E-state index contributed by atoms with van der Waals surface area (Å²) < 4.78 is 7.28. The highest BCUT2D eigenvalue weighted by molar-refractivity contribution is 5.61. The van der Waals surface area contributed by atoms with Crippen molar-refractivity contribution in [2.45, 2.75) is 13.5 Å². The zero-order valence-electron chi connectivity index (χ0n) is 11.6. The van der Waals surface area contributed by atoms with Crippen molar-refractivity contribution in [2.24, 2.45) is 7.05 Å². The number of hydrogen-bond donors (Lipinski definition) is 1. The van der Waals surface area contributed by atoms with Gasteiger partial charge in [0.25, 0.3) is 0 Å². The Kier molecular flexibility index (Phi) is 3.29. The van der Waals surface area contributed by atoms with Crippen LogP contribution in [-0.4, -0.2) is 9.55 Å². The van der Waals surface area contributed by atoms with Crippen LogP contribution < -0.4 is 5.32 Å². The number of oxazole rings is 1. The maximum absolute atomic E-state index is 5.23. The molecule has 3 rings (SSSR count). The van der Waals surface area contributed by atoms with Gasteiger partial charge in [-0.2, -0.15) is 0 Å². The van der Waals surface area contributed by atoms with Crippen molar-refractivity contribution in [3.8, 4) is 11.3 Å². The second-order valence-electron chi connectivity index (χ2n) is 4.87. The van der Waals surface area contributed by atoms with Crippen LogP contribution in [0.1, 0.15) is 11.5 Å². The van der Waals surface area contributed by atoms with E-state index in [4.69, 9.17) is 4.42 Å². The van der Waals surface area contributed by atoms with E-state index >= 15 is 0 Å². The van der Waals surface area contributed by atoms with Crippen molar-refractivity contribution in [2.75, 3.05) is 5.32 Å². The van der Waals surface area contributed by atoms with Gasteiger partial charge in [0.1, 0.15) is 12.0 Å². The number of benzene rings is 1. The molecule has 0 fully saturated rings. The Hall–Kier alpha value is -2.49. The maximum Gasteiger partial charge on any atom is 0.191 e. The number of rotatable bonds is 4. The smallest absolute Gasteiger partial charge is 0.191 e. The fourth-order valence-electron chi connectivity index (χ4n) is 2.12. The number of anilines is 1. The van der Waals surface area contributed by atoms with Gasteiger partial charge < -0.3 is 14.3 Å². The van der Waals surface area contributed by atoms with Crippen LogP contribution in [0.3, 0.4) is 0 Å². The molecule has 4 heteroatoms. The first-order valence-electron chi connectivity index (χ1n) is 6.58. The van der Waals surface area contributed by atoms with Gasteiger partial charge in [-0.1, -0.05) is 12.1 Å².